The van der Waals surface area contributed by atoms with E-state index in [2.05, 4.69) is 0 Å². The van der Waals surface area contributed by atoms with Gasteiger partial charge in [0.2, 0.25) is 5.91 Å². The molecule has 0 spiro atoms. The van der Waals surface area contributed by atoms with Crippen molar-refractivity contribution in [2.75, 3.05) is 6.54 Å². The highest BCUT2D eigenvalue weighted by molar-refractivity contribution is 7.10. The molecule has 1 unspecified atom stereocenters. The standard InChI is InChI=1S/C14H18ClNO3S/c1-9(14(18)19)7-16(11-2-3-11)13(17)5-4-12-6-10(15)8-20-12/h6,8-9,11H,2-5,7H2,1H3,(H,18,19). The highest BCUT2D eigenvalue weighted by Gasteiger charge is 2.34. The normalized spacial score (nSPS) is 15.9. The summed E-state index contributed by atoms with van der Waals surface area (Å²) in [5, 5.41) is 11.5. The van der Waals surface area contributed by atoms with Crippen molar-refractivity contribution in [3.63, 3.8) is 0 Å². The Morgan fingerprint density at radius 3 is 2.75 bits per heavy atom. The Balaban J connectivity index is 1.88. The van der Waals surface area contributed by atoms with Crippen LogP contribution in [-0.4, -0.2) is 34.5 Å². The van der Waals surface area contributed by atoms with Crippen LogP contribution in [0.5, 0.6) is 0 Å². The molecule has 0 bridgehead atoms. The van der Waals surface area contributed by atoms with Crippen LogP contribution < -0.4 is 0 Å². The van der Waals surface area contributed by atoms with Crippen LogP contribution in [0.15, 0.2) is 11.4 Å². The van der Waals surface area contributed by atoms with Crippen molar-refractivity contribution in [3.8, 4) is 0 Å². The van der Waals surface area contributed by atoms with Crippen LogP contribution in [0, 0.1) is 5.92 Å². The summed E-state index contributed by atoms with van der Waals surface area (Å²) in [6.45, 7) is 1.95. The van der Waals surface area contributed by atoms with Crippen molar-refractivity contribution < 1.29 is 14.7 Å². The molecule has 0 aromatic carbocycles. The number of rotatable bonds is 7. The van der Waals surface area contributed by atoms with Gasteiger partial charge in [-0.2, -0.15) is 0 Å². The molecule has 1 fully saturated rings. The fourth-order valence-electron chi connectivity index (χ4n) is 2.07. The maximum absolute atomic E-state index is 12.3. The zero-order valence-electron chi connectivity index (χ0n) is 11.3. The first kappa shape index (κ1) is 15.3. The molecular formula is C14H18ClNO3S. The molecule has 1 amide bonds. The third kappa shape index (κ3) is 4.21. The van der Waals surface area contributed by atoms with Gasteiger partial charge in [-0.05, 0) is 25.3 Å². The van der Waals surface area contributed by atoms with Gasteiger partial charge in [-0.15, -0.1) is 11.3 Å². The molecule has 0 saturated heterocycles. The van der Waals surface area contributed by atoms with Crippen molar-refractivity contribution in [1.29, 1.82) is 0 Å². The highest BCUT2D eigenvalue weighted by atomic mass is 35.5. The molecule has 0 radical (unpaired) electrons. The number of halogens is 1. The second-order valence-corrected chi connectivity index (χ2v) is 6.68. The number of amides is 1. The number of aryl methyl sites for hydroxylation is 1. The predicted octanol–water partition coefficient (Wildman–Crippen LogP) is 3.05. The van der Waals surface area contributed by atoms with E-state index in [1.165, 1.54) is 0 Å². The Bertz CT molecular complexity index is 498. The van der Waals surface area contributed by atoms with Crippen LogP contribution in [0.1, 0.15) is 31.1 Å². The van der Waals surface area contributed by atoms with Crippen molar-refractivity contribution >= 4 is 34.8 Å². The van der Waals surface area contributed by atoms with Gasteiger partial charge >= 0.3 is 5.97 Å². The minimum Gasteiger partial charge on any atom is -0.481 e. The molecule has 1 aromatic heterocycles. The lowest BCUT2D eigenvalue weighted by atomic mass is 10.1. The van der Waals surface area contributed by atoms with Gasteiger partial charge in [0.1, 0.15) is 0 Å². The molecule has 1 atom stereocenters. The second-order valence-electron chi connectivity index (χ2n) is 5.25. The second kappa shape index (κ2) is 6.59. The largest absolute Gasteiger partial charge is 0.481 e. The third-order valence-corrected chi connectivity index (χ3v) is 4.75. The first-order valence-electron chi connectivity index (χ1n) is 6.72. The number of hydrogen-bond acceptors (Lipinski definition) is 3. The number of carbonyl (C=O) groups excluding carboxylic acids is 1. The fourth-order valence-corrected chi connectivity index (χ4v) is 3.15. The quantitative estimate of drug-likeness (QED) is 0.841. The Hall–Kier alpha value is -1.07. The fraction of sp³-hybridized carbons (Fsp3) is 0.571. The summed E-state index contributed by atoms with van der Waals surface area (Å²) in [6, 6.07) is 2.12. The molecule has 1 aliphatic carbocycles. The van der Waals surface area contributed by atoms with E-state index in [0.717, 1.165) is 17.7 Å². The molecule has 2 rings (SSSR count). The maximum Gasteiger partial charge on any atom is 0.308 e. The number of thiophene rings is 1. The molecule has 20 heavy (non-hydrogen) atoms. The number of hydrogen-bond donors (Lipinski definition) is 1. The van der Waals surface area contributed by atoms with E-state index in [1.54, 1.807) is 23.2 Å². The lowest BCUT2D eigenvalue weighted by Gasteiger charge is -2.24. The molecule has 6 heteroatoms. The molecule has 1 N–H and O–H groups in total. The summed E-state index contributed by atoms with van der Waals surface area (Å²) in [5.74, 6) is -1.32. The molecule has 1 aliphatic rings. The van der Waals surface area contributed by atoms with E-state index in [0.29, 0.717) is 24.4 Å². The number of aliphatic carboxylic acids is 1. The summed E-state index contributed by atoms with van der Waals surface area (Å²) in [5.41, 5.74) is 0. The zero-order chi connectivity index (χ0) is 14.7. The molecule has 110 valence electrons. The minimum atomic E-state index is -0.853. The first-order chi connectivity index (χ1) is 9.47. The lowest BCUT2D eigenvalue weighted by molar-refractivity contribution is -0.143. The molecular weight excluding hydrogens is 298 g/mol. The van der Waals surface area contributed by atoms with Crippen LogP contribution in [0.3, 0.4) is 0 Å². The monoisotopic (exact) mass is 315 g/mol. The Labute approximate surface area is 127 Å². The minimum absolute atomic E-state index is 0.0464. The van der Waals surface area contributed by atoms with Gasteiger partial charge in [0, 0.05) is 29.3 Å². The van der Waals surface area contributed by atoms with Crippen LogP contribution in [0.25, 0.3) is 0 Å². The van der Waals surface area contributed by atoms with E-state index >= 15 is 0 Å². The van der Waals surface area contributed by atoms with Crippen LogP contribution in [0.2, 0.25) is 5.02 Å². The van der Waals surface area contributed by atoms with Gasteiger partial charge in [-0.1, -0.05) is 18.5 Å². The van der Waals surface area contributed by atoms with E-state index in [1.807, 2.05) is 11.4 Å². The average molecular weight is 316 g/mol. The van der Waals surface area contributed by atoms with E-state index in [-0.39, 0.29) is 11.9 Å². The van der Waals surface area contributed by atoms with Crippen LogP contribution in [-0.2, 0) is 16.0 Å². The number of carboxylic acids is 1. The Morgan fingerprint density at radius 1 is 1.55 bits per heavy atom. The number of carboxylic acid groups (broad SMARTS) is 1. The zero-order valence-corrected chi connectivity index (χ0v) is 12.9. The summed E-state index contributed by atoms with van der Waals surface area (Å²) in [6.07, 6.45) is 3.06. The van der Waals surface area contributed by atoms with Crippen molar-refractivity contribution in [2.24, 2.45) is 5.92 Å². The highest BCUT2D eigenvalue weighted by Crippen LogP contribution is 2.29. The summed E-state index contributed by atoms with van der Waals surface area (Å²) >= 11 is 7.40. The van der Waals surface area contributed by atoms with Gasteiger partial charge in [0.15, 0.2) is 0 Å². The predicted molar refractivity (Wildman–Crippen MR) is 79.2 cm³/mol. The third-order valence-electron chi connectivity index (χ3n) is 3.41. The lowest BCUT2D eigenvalue weighted by Crippen LogP contribution is -2.38. The summed E-state index contributed by atoms with van der Waals surface area (Å²) < 4.78 is 0. The van der Waals surface area contributed by atoms with E-state index in [9.17, 15) is 9.59 Å². The maximum atomic E-state index is 12.3. The average Bonchev–Trinajstić information content (AvgIpc) is 3.15. The molecule has 1 heterocycles. The first-order valence-corrected chi connectivity index (χ1v) is 7.98. The summed E-state index contributed by atoms with van der Waals surface area (Å²) in [4.78, 5) is 26.0. The number of carbonyl (C=O) groups is 2. The van der Waals surface area contributed by atoms with Crippen molar-refractivity contribution in [2.45, 2.75) is 38.6 Å². The van der Waals surface area contributed by atoms with Gasteiger partial charge in [-0.3, -0.25) is 9.59 Å². The topological polar surface area (TPSA) is 57.6 Å². The van der Waals surface area contributed by atoms with Gasteiger partial charge < -0.3 is 10.0 Å². The Morgan fingerprint density at radius 2 is 2.25 bits per heavy atom. The van der Waals surface area contributed by atoms with Crippen molar-refractivity contribution in [1.82, 2.24) is 4.90 Å². The van der Waals surface area contributed by atoms with Crippen LogP contribution >= 0.6 is 22.9 Å². The molecule has 4 nitrogen and oxygen atoms in total. The van der Waals surface area contributed by atoms with Crippen molar-refractivity contribution in [3.05, 3.63) is 21.3 Å². The van der Waals surface area contributed by atoms with Crippen LogP contribution in [0.4, 0.5) is 0 Å². The van der Waals surface area contributed by atoms with Gasteiger partial charge in [0.25, 0.3) is 0 Å². The smallest absolute Gasteiger partial charge is 0.308 e. The van der Waals surface area contributed by atoms with E-state index in [4.69, 9.17) is 16.7 Å². The number of nitrogens with zero attached hydrogens (tertiary/aromatic N) is 1. The molecule has 0 aliphatic heterocycles. The van der Waals surface area contributed by atoms with Gasteiger partial charge in [0.05, 0.1) is 10.9 Å². The summed E-state index contributed by atoms with van der Waals surface area (Å²) in [7, 11) is 0. The molecule has 1 aromatic rings. The van der Waals surface area contributed by atoms with Gasteiger partial charge in [-0.25, -0.2) is 0 Å². The Kier molecular flexibility index (Phi) is 5.05. The SMILES string of the molecule is CC(CN(C(=O)CCc1cc(Cl)cs1)C1CC1)C(=O)O. The van der Waals surface area contributed by atoms with E-state index < -0.39 is 11.9 Å². The molecule has 1 saturated carbocycles.